The van der Waals surface area contributed by atoms with Gasteiger partial charge in [-0.05, 0) is 41.8 Å². The van der Waals surface area contributed by atoms with E-state index in [9.17, 15) is 4.79 Å². The highest BCUT2D eigenvalue weighted by Gasteiger charge is 2.01. The molecule has 118 valence electrons. The maximum atomic E-state index is 11.8. The van der Waals surface area contributed by atoms with E-state index in [4.69, 9.17) is 10.4 Å². The second-order valence-corrected chi connectivity index (χ2v) is 5.12. The van der Waals surface area contributed by atoms with Gasteiger partial charge >= 0.3 is 0 Å². The fourth-order valence-electron chi connectivity index (χ4n) is 2.07. The van der Waals surface area contributed by atoms with E-state index in [1.54, 1.807) is 24.3 Å². The number of benzene rings is 2. The van der Waals surface area contributed by atoms with Crippen LogP contribution in [0.25, 0.3) is 0 Å². The number of nitrogens with one attached hydrogen (secondary N) is 2. The second kappa shape index (κ2) is 8.57. The molecule has 0 aromatic heterocycles. The summed E-state index contributed by atoms with van der Waals surface area (Å²) in [4.78, 5) is 11.8. The number of anilines is 1. The largest absolute Gasteiger partial charge is 0.392 e. The third-order valence-electron chi connectivity index (χ3n) is 3.41. The molecule has 3 N–H and O–H groups in total. The Morgan fingerprint density at radius 3 is 2.30 bits per heavy atom. The molecule has 0 saturated heterocycles. The van der Waals surface area contributed by atoms with E-state index in [1.165, 1.54) is 0 Å². The van der Waals surface area contributed by atoms with Crippen molar-refractivity contribution in [3.63, 3.8) is 0 Å². The summed E-state index contributed by atoms with van der Waals surface area (Å²) in [7, 11) is 0. The van der Waals surface area contributed by atoms with E-state index >= 15 is 0 Å². The normalized spacial score (nSPS) is 9.91. The van der Waals surface area contributed by atoms with Gasteiger partial charge in [0.05, 0.1) is 24.8 Å². The summed E-state index contributed by atoms with van der Waals surface area (Å²) in [6, 6.07) is 16.7. The first-order valence-corrected chi connectivity index (χ1v) is 7.40. The molecule has 0 aliphatic rings. The van der Waals surface area contributed by atoms with Crippen LogP contribution in [-0.4, -0.2) is 24.1 Å². The van der Waals surface area contributed by atoms with Crippen molar-refractivity contribution >= 4 is 11.6 Å². The lowest BCUT2D eigenvalue weighted by atomic mass is 10.1. The first kappa shape index (κ1) is 16.5. The monoisotopic (exact) mass is 309 g/mol. The van der Waals surface area contributed by atoms with E-state index < -0.39 is 0 Å². The number of hydrogen-bond donors (Lipinski definition) is 3. The van der Waals surface area contributed by atoms with Crippen LogP contribution in [0.1, 0.15) is 16.7 Å². The number of carbonyl (C=O) groups is 1. The minimum absolute atomic E-state index is 0.0397. The molecule has 5 nitrogen and oxygen atoms in total. The Morgan fingerprint density at radius 2 is 1.70 bits per heavy atom. The molecule has 0 aliphatic carbocycles. The number of hydrogen-bond acceptors (Lipinski definition) is 4. The van der Waals surface area contributed by atoms with Gasteiger partial charge in [-0.2, -0.15) is 5.26 Å². The van der Waals surface area contributed by atoms with Crippen LogP contribution in [0.4, 0.5) is 5.69 Å². The van der Waals surface area contributed by atoms with Crippen LogP contribution >= 0.6 is 0 Å². The number of nitrogens with zero attached hydrogens (tertiary/aromatic N) is 1. The topological polar surface area (TPSA) is 85.2 Å². The number of rotatable bonds is 7. The molecule has 0 radical (unpaired) electrons. The Labute approximate surface area is 135 Å². The maximum absolute atomic E-state index is 11.8. The summed E-state index contributed by atoms with van der Waals surface area (Å²) in [6.07, 6.45) is 0.744. The molecule has 0 unspecified atom stereocenters. The summed E-state index contributed by atoms with van der Waals surface area (Å²) in [5.74, 6) is -0.0821. The van der Waals surface area contributed by atoms with Crippen molar-refractivity contribution in [3.05, 3.63) is 65.2 Å². The molecule has 2 aromatic rings. The Kier molecular flexibility index (Phi) is 6.16. The van der Waals surface area contributed by atoms with E-state index in [0.29, 0.717) is 12.1 Å². The molecule has 5 heteroatoms. The van der Waals surface area contributed by atoms with Crippen molar-refractivity contribution in [1.82, 2.24) is 5.32 Å². The molecule has 0 bridgehead atoms. The van der Waals surface area contributed by atoms with Crippen LogP contribution in [0.3, 0.4) is 0 Å². The summed E-state index contributed by atoms with van der Waals surface area (Å²) in [6.45, 7) is 0.791. The fraction of sp³-hybridized carbons (Fsp3) is 0.222. The standard InChI is InChI=1S/C18H19N3O2/c19-11-15-5-7-17(8-6-15)21-12-18(23)20-10-9-14-1-3-16(13-22)4-2-14/h1-8,21-22H,9-10,12-13H2,(H,20,23). The number of carbonyl (C=O) groups excluding carboxylic acids is 1. The summed E-state index contributed by atoms with van der Waals surface area (Å²) < 4.78 is 0. The van der Waals surface area contributed by atoms with Crippen molar-refractivity contribution in [2.75, 3.05) is 18.4 Å². The Hall–Kier alpha value is -2.84. The van der Waals surface area contributed by atoms with E-state index in [-0.39, 0.29) is 19.1 Å². The van der Waals surface area contributed by atoms with Gasteiger partial charge in [0, 0.05) is 12.2 Å². The van der Waals surface area contributed by atoms with Crippen molar-refractivity contribution in [3.8, 4) is 6.07 Å². The van der Waals surface area contributed by atoms with Gasteiger partial charge in [0.2, 0.25) is 5.91 Å². The maximum Gasteiger partial charge on any atom is 0.239 e. The smallest absolute Gasteiger partial charge is 0.239 e. The van der Waals surface area contributed by atoms with Crippen LogP contribution in [-0.2, 0) is 17.8 Å². The van der Waals surface area contributed by atoms with E-state index in [2.05, 4.69) is 10.6 Å². The minimum atomic E-state index is -0.0821. The highest BCUT2D eigenvalue weighted by atomic mass is 16.3. The lowest BCUT2D eigenvalue weighted by Gasteiger charge is -2.08. The van der Waals surface area contributed by atoms with Gasteiger partial charge < -0.3 is 15.7 Å². The predicted molar refractivity (Wildman–Crippen MR) is 88.7 cm³/mol. The highest BCUT2D eigenvalue weighted by Crippen LogP contribution is 2.08. The molecule has 0 aliphatic heterocycles. The molecule has 1 amide bonds. The number of aliphatic hydroxyl groups excluding tert-OH is 1. The molecule has 0 fully saturated rings. The predicted octanol–water partition coefficient (Wildman–Crippen LogP) is 1.82. The highest BCUT2D eigenvalue weighted by molar-refractivity contribution is 5.80. The molecule has 0 heterocycles. The molecule has 2 aromatic carbocycles. The van der Waals surface area contributed by atoms with E-state index in [0.717, 1.165) is 23.2 Å². The molecule has 0 spiro atoms. The molecule has 23 heavy (non-hydrogen) atoms. The summed E-state index contributed by atoms with van der Waals surface area (Å²) in [5.41, 5.74) is 3.39. The van der Waals surface area contributed by atoms with Gasteiger partial charge in [0.15, 0.2) is 0 Å². The molecule has 0 atom stereocenters. The van der Waals surface area contributed by atoms with Gasteiger partial charge in [-0.25, -0.2) is 0 Å². The van der Waals surface area contributed by atoms with Crippen LogP contribution in [0.2, 0.25) is 0 Å². The Bertz CT molecular complexity index is 673. The fourth-order valence-corrected chi connectivity index (χ4v) is 2.07. The van der Waals surface area contributed by atoms with Gasteiger partial charge in [0.25, 0.3) is 0 Å². The van der Waals surface area contributed by atoms with Crippen LogP contribution in [0.15, 0.2) is 48.5 Å². The first-order chi connectivity index (χ1) is 11.2. The SMILES string of the molecule is N#Cc1ccc(NCC(=O)NCCc2ccc(CO)cc2)cc1. The van der Waals surface area contributed by atoms with E-state index in [1.807, 2.05) is 30.3 Å². The lowest BCUT2D eigenvalue weighted by Crippen LogP contribution is -2.31. The first-order valence-electron chi connectivity index (χ1n) is 7.40. The number of nitriles is 1. The summed E-state index contributed by atoms with van der Waals surface area (Å²) >= 11 is 0. The number of aliphatic hydroxyl groups is 1. The average molecular weight is 309 g/mol. The third kappa shape index (κ3) is 5.46. The zero-order valence-electron chi connectivity index (χ0n) is 12.7. The number of amides is 1. The quantitative estimate of drug-likeness (QED) is 0.728. The van der Waals surface area contributed by atoms with Crippen LogP contribution in [0, 0.1) is 11.3 Å². The Morgan fingerprint density at radius 1 is 1.04 bits per heavy atom. The molecular formula is C18H19N3O2. The average Bonchev–Trinajstić information content (AvgIpc) is 2.61. The van der Waals surface area contributed by atoms with Crippen molar-refractivity contribution in [2.24, 2.45) is 0 Å². The second-order valence-electron chi connectivity index (χ2n) is 5.12. The molecule has 0 saturated carbocycles. The zero-order valence-corrected chi connectivity index (χ0v) is 12.7. The summed E-state index contributed by atoms with van der Waals surface area (Å²) in [5, 5.41) is 23.6. The van der Waals surface area contributed by atoms with Crippen molar-refractivity contribution in [1.29, 1.82) is 5.26 Å². The molecular weight excluding hydrogens is 290 g/mol. The van der Waals surface area contributed by atoms with Gasteiger partial charge in [-0.15, -0.1) is 0 Å². The van der Waals surface area contributed by atoms with Gasteiger partial charge in [-0.3, -0.25) is 4.79 Å². The van der Waals surface area contributed by atoms with Crippen molar-refractivity contribution < 1.29 is 9.90 Å². The van der Waals surface area contributed by atoms with Crippen LogP contribution < -0.4 is 10.6 Å². The van der Waals surface area contributed by atoms with Crippen LogP contribution in [0.5, 0.6) is 0 Å². The zero-order chi connectivity index (χ0) is 16.5. The Balaban J connectivity index is 1.69. The third-order valence-corrected chi connectivity index (χ3v) is 3.41. The molecule has 2 rings (SSSR count). The van der Waals surface area contributed by atoms with Crippen molar-refractivity contribution in [2.45, 2.75) is 13.0 Å². The minimum Gasteiger partial charge on any atom is -0.392 e. The van der Waals surface area contributed by atoms with Gasteiger partial charge in [-0.1, -0.05) is 24.3 Å². The van der Waals surface area contributed by atoms with Gasteiger partial charge in [0.1, 0.15) is 0 Å². The lowest BCUT2D eigenvalue weighted by molar-refractivity contribution is -0.119.